The standard InChI is InChI=1S/C20H22FN3O3S/c1-22-13-19(25)24(16-7-3-2-4-8-16)15-20(22)11-12-23(14-20)28(26,27)18-10-6-5-9-17(18)21/h2-10H,11-15H2,1H3/t20-/m1/s1. The van der Waals surface area contributed by atoms with Crippen LogP contribution in [0.2, 0.25) is 0 Å². The van der Waals surface area contributed by atoms with E-state index in [1.165, 1.54) is 22.5 Å². The molecule has 0 aliphatic carbocycles. The quantitative estimate of drug-likeness (QED) is 0.786. The summed E-state index contributed by atoms with van der Waals surface area (Å²) in [6.45, 7) is 1.12. The van der Waals surface area contributed by atoms with Crippen LogP contribution in [0, 0.1) is 5.82 Å². The number of nitrogens with zero attached hydrogens (tertiary/aromatic N) is 3. The molecule has 0 bridgehead atoms. The van der Waals surface area contributed by atoms with Crippen LogP contribution in [-0.2, 0) is 14.8 Å². The van der Waals surface area contributed by atoms with Gasteiger partial charge in [-0.05, 0) is 37.7 Å². The minimum Gasteiger partial charge on any atom is -0.309 e. The number of carbonyl (C=O) groups is 1. The fourth-order valence-corrected chi connectivity index (χ4v) is 5.65. The van der Waals surface area contributed by atoms with Crippen molar-refractivity contribution in [2.75, 3.05) is 38.1 Å². The van der Waals surface area contributed by atoms with Crippen LogP contribution >= 0.6 is 0 Å². The highest BCUT2D eigenvalue weighted by atomic mass is 32.2. The topological polar surface area (TPSA) is 60.9 Å². The van der Waals surface area contributed by atoms with E-state index in [1.54, 1.807) is 4.90 Å². The van der Waals surface area contributed by atoms with Gasteiger partial charge in [-0.15, -0.1) is 0 Å². The van der Waals surface area contributed by atoms with E-state index in [4.69, 9.17) is 0 Å². The molecule has 2 aliphatic rings. The van der Waals surface area contributed by atoms with Crippen molar-refractivity contribution in [1.82, 2.24) is 9.21 Å². The summed E-state index contributed by atoms with van der Waals surface area (Å²) in [6.07, 6.45) is 0.577. The predicted molar refractivity (Wildman–Crippen MR) is 104 cm³/mol. The van der Waals surface area contributed by atoms with Crippen molar-refractivity contribution in [3.8, 4) is 0 Å². The normalized spacial score (nSPS) is 24.2. The van der Waals surface area contributed by atoms with Gasteiger partial charge in [-0.25, -0.2) is 12.8 Å². The van der Waals surface area contributed by atoms with E-state index in [0.29, 0.717) is 13.0 Å². The van der Waals surface area contributed by atoms with Crippen LogP contribution in [0.4, 0.5) is 10.1 Å². The lowest BCUT2D eigenvalue weighted by molar-refractivity contribution is -0.123. The highest BCUT2D eigenvalue weighted by Crippen LogP contribution is 2.36. The Labute approximate surface area is 164 Å². The molecule has 1 spiro atoms. The van der Waals surface area contributed by atoms with E-state index < -0.39 is 21.4 Å². The van der Waals surface area contributed by atoms with Gasteiger partial charge < -0.3 is 4.90 Å². The van der Waals surface area contributed by atoms with Gasteiger partial charge in [-0.2, -0.15) is 4.31 Å². The molecular weight excluding hydrogens is 381 g/mol. The van der Waals surface area contributed by atoms with E-state index in [9.17, 15) is 17.6 Å². The fraction of sp³-hybridized carbons (Fsp3) is 0.350. The average molecular weight is 403 g/mol. The number of halogens is 1. The van der Waals surface area contributed by atoms with Crippen molar-refractivity contribution in [2.45, 2.75) is 16.9 Å². The zero-order valence-electron chi connectivity index (χ0n) is 15.6. The van der Waals surface area contributed by atoms with Crippen LogP contribution in [0.15, 0.2) is 59.5 Å². The predicted octanol–water partition coefficient (Wildman–Crippen LogP) is 1.94. The number of para-hydroxylation sites is 1. The van der Waals surface area contributed by atoms with Gasteiger partial charge >= 0.3 is 0 Å². The molecule has 4 rings (SSSR count). The molecule has 2 saturated heterocycles. The number of amides is 1. The summed E-state index contributed by atoms with van der Waals surface area (Å²) in [6, 6.07) is 14.8. The number of carbonyl (C=O) groups excluding carboxylic acids is 1. The molecule has 0 unspecified atom stereocenters. The number of likely N-dealkylation sites (N-methyl/N-ethyl adjacent to an activating group) is 1. The minimum atomic E-state index is -3.94. The number of hydrogen-bond acceptors (Lipinski definition) is 4. The van der Waals surface area contributed by atoms with Gasteiger partial charge in [0.25, 0.3) is 0 Å². The Hall–Kier alpha value is -2.29. The Balaban J connectivity index is 1.62. The SMILES string of the molecule is CN1CC(=O)N(c2ccccc2)C[C@]12CCN(S(=O)(=O)c1ccccc1F)C2. The smallest absolute Gasteiger partial charge is 0.246 e. The summed E-state index contributed by atoms with van der Waals surface area (Å²) in [4.78, 5) is 15.9. The van der Waals surface area contributed by atoms with Crippen molar-refractivity contribution >= 4 is 21.6 Å². The van der Waals surface area contributed by atoms with E-state index >= 15 is 0 Å². The van der Waals surface area contributed by atoms with Crippen LogP contribution in [0.3, 0.4) is 0 Å². The second kappa shape index (κ2) is 6.95. The van der Waals surface area contributed by atoms with E-state index in [1.807, 2.05) is 42.3 Å². The summed E-state index contributed by atoms with van der Waals surface area (Å²) >= 11 is 0. The zero-order valence-corrected chi connectivity index (χ0v) is 16.4. The maximum atomic E-state index is 14.1. The van der Waals surface area contributed by atoms with E-state index in [-0.39, 0.29) is 30.4 Å². The van der Waals surface area contributed by atoms with E-state index in [0.717, 1.165) is 11.8 Å². The minimum absolute atomic E-state index is 0.0188. The lowest BCUT2D eigenvalue weighted by atomic mass is 9.92. The molecule has 0 N–H and O–H groups in total. The average Bonchev–Trinajstić information content (AvgIpc) is 3.12. The molecule has 0 radical (unpaired) electrons. The molecule has 1 amide bonds. The van der Waals surface area contributed by atoms with Gasteiger partial charge in [0, 0.05) is 25.3 Å². The molecule has 2 aromatic rings. The summed E-state index contributed by atoms with van der Waals surface area (Å²) in [5.74, 6) is -0.767. The number of benzene rings is 2. The molecule has 2 heterocycles. The molecule has 2 aliphatic heterocycles. The van der Waals surface area contributed by atoms with E-state index in [2.05, 4.69) is 0 Å². The number of piperazine rings is 1. The molecule has 6 nitrogen and oxygen atoms in total. The van der Waals surface area contributed by atoms with Crippen molar-refractivity contribution in [2.24, 2.45) is 0 Å². The molecular formula is C20H22FN3O3S. The first kappa shape index (κ1) is 19.0. The summed E-state index contributed by atoms with van der Waals surface area (Å²) in [5.41, 5.74) is 0.303. The van der Waals surface area contributed by atoms with Crippen molar-refractivity contribution in [3.63, 3.8) is 0 Å². The Morgan fingerprint density at radius 1 is 1.00 bits per heavy atom. The Bertz CT molecular complexity index is 999. The molecule has 8 heteroatoms. The first-order valence-corrected chi connectivity index (χ1v) is 10.6. The third-order valence-electron chi connectivity index (χ3n) is 5.76. The van der Waals surface area contributed by atoms with Gasteiger partial charge in [-0.3, -0.25) is 9.69 Å². The lowest BCUT2D eigenvalue weighted by Crippen LogP contribution is -2.64. The second-order valence-electron chi connectivity index (χ2n) is 7.41. The Kier molecular flexibility index (Phi) is 4.73. The maximum absolute atomic E-state index is 14.1. The van der Waals surface area contributed by atoms with Gasteiger partial charge in [-0.1, -0.05) is 30.3 Å². The molecule has 28 heavy (non-hydrogen) atoms. The number of anilines is 1. The molecule has 148 valence electrons. The first-order chi connectivity index (χ1) is 13.3. The number of hydrogen-bond donors (Lipinski definition) is 0. The third kappa shape index (κ3) is 3.11. The van der Waals surface area contributed by atoms with Crippen molar-refractivity contribution in [3.05, 3.63) is 60.4 Å². The van der Waals surface area contributed by atoms with Crippen LogP contribution < -0.4 is 4.90 Å². The van der Waals surface area contributed by atoms with Crippen molar-refractivity contribution in [1.29, 1.82) is 0 Å². The highest BCUT2D eigenvalue weighted by Gasteiger charge is 2.50. The van der Waals surface area contributed by atoms with Crippen LogP contribution in [-0.4, -0.2) is 62.3 Å². The summed E-state index contributed by atoms with van der Waals surface area (Å²) in [5, 5.41) is 0. The number of sulfonamides is 1. The van der Waals surface area contributed by atoms with Crippen molar-refractivity contribution < 1.29 is 17.6 Å². The second-order valence-corrected chi connectivity index (χ2v) is 9.32. The third-order valence-corrected chi connectivity index (χ3v) is 7.63. The Morgan fingerprint density at radius 2 is 1.68 bits per heavy atom. The molecule has 2 aromatic carbocycles. The van der Waals surface area contributed by atoms with Gasteiger partial charge in [0.2, 0.25) is 15.9 Å². The van der Waals surface area contributed by atoms with Crippen LogP contribution in [0.1, 0.15) is 6.42 Å². The van der Waals surface area contributed by atoms with Gasteiger partial charge in [0.15, 0.2) is 0 Å². The first-order valence-electron chi connectivity index (χ1n) is 9.15. The highest BCUT2D eigenvalue weighted by molar-refractivity contribution is 7.89. The fourth-order valence-electron chi connectivity index (χ4n) is 4.06. The Morgan fingerprint density at radius 3 is 2.39 bits per heavy atom. The summed E-state index contributed by atoms with van der Waals surface area (Å²) in [7, 11) is -2.09. The molecule has 0 saturated carbocycles. The van der Waals surface area contributed by atoms with Crippen LogP contribution in [0.25, 0.3) is 0 Å². The molecule has 1 atom stereocenters. The lowest BCUT2D eigenvalue weighted by Gasteiger charge is -2.46. The monoisotopic (exact) mass is 403 g/mol. The zero-order chi connectivity index (χ0) is 19.9. The van der Waals surface area contributed by atoms with Crippen LogP contribution in [0.5, 0.6) is 0 Å². The molecule has 2 fully saturated rings. The van der Waals surface area contributed by atoms with Gasteiger partial charge in [0.1, 0.15) is 10.7 Å². The number of rotatable bonds is 3. The largest absolute Gasteiger partial charge is 0.309 e. The van der Waals surface area contributed by atoms with Gasteiger partial charge in [0.05, 0.1) is 12.1 Å². The maximum Gasteiger partial charge on any atom is 0.246 e. The molecule has 0 aromatic heterocycles. The summed E-state index contributed by atoms with van der Waals surface area (Å²) < 4.78 is 41.4.